The zero-order valence-electron chi connectivity index (χ0n) is 9.18. The van der Waals surface area contributed by atoms with Crippen LogP contribution in [0.5, 0.6) is 0 Å². The maximum absolute atomic E-state index is 11.4. The lowest BCUT2D eigenvalue weighted by Gasteiger charge is -2.05. The normalized spacial score (nSPS) is 10.0. The largest absolute Gasteiger partial charge is 0.464 e. The molecule has 0 fully saturated rings. The number of ether oxygens (including phenoxy) is 1. The molecule has 3 nitrogen and oxygen atoms in total. The zero-order chi connectivity index (χ0) is 12.3. The molecule has 0 radical (unpaired) electrons. The van der Waals surface area contributed by atoms with Crippen molar-refractivity contribution in [2.24, 2.45) is 0 Å². The third-order valence-corrected chi connectivity index (χ3v) is 2.62. The van der Waals surface area contributed by atoms with Crippen molar-refractivity contribution in [2.45, 2.75) is 0 Å². The summed E-state index contributed by atoms with van der Waals surface area (Å²) in [5.74, 6) is -0.459. The van der Waals surface area contributed by atoms with Crippen LogP contribution in [0.1, 0.15) is 10.5 Å². The van der Waals surface area contributed by atoms with Crippen molar-refractivity contribution in [3.63, 3.8) is 0 Å². The van der Waals surface area contributed by atoms with Gasteiger partial charge in [-0.25, -0.2) is 9.78 Å². The average molecular weight is 248 g/mol. The molecule has 0 bridgehead atoms. The van der Waals surface area contributed by atoms with Gasteiger partial charge in [-0.2, -0.15) is 0 Å². The van der Waals surface area contributed by atoms with E-state index in [1.165, 1.54) is 7.11 Å². The van der Waals surface area contributed by atoms with Crippen molar-refractivity contribution in [1.82, 2.24) is 4.98 Å². The van der Waals surface area contributed by atoms with Crippen LogP contribution in [-0.4, -0.2) is 18.1 Å². The van der Waals surface area contributed by atoms with Crippen LogP contribution in [0, 0.1) is 0 Å². The van der Waals surface area contributed by atoms with E-state index < -0.39 is 5.97 Å². The van der Waals surface area contributed by atoms with E-state index in [4.69, 9.17) is 11.6 Å². The second-order valence-corrected chi connectivity index (χ2v) is 3.79. The van der Waals surface area contributed by atoms with Crippen LogP contribution in [0.25, 0.3) is 11.3 Å². The summed E-state index contributed by atoms with van der Waals surface area (Å²) in [4.78, 5) is 15.6. The Labute approximate surface area is 104 Å². The number of hydrogen-bond donors (Lipinski definition) is 0. The molecule has 0 saturated carbocycles. The minimum Gasteiger partial charge on any atom is -0.464 e. The van der Waals surface area contributed by atoms with Crippen LogP contribution in [0.3, 0.4) is 0 Å². The van der Waals surface area contributed by atoms with Gasteiger partial charge in [-0.15, -0.1) is 0 Å². The molecule has 0 aliphatic carbocycles. The fourth-order valence-electron chi connectivity index (χ4n) is 1.47. The Kier molecular flexibility index (Phi) is 3.40. The lowest BCUT2D eigenvalue weighted by atomic mass is 10.1. The fourth-order valence-corrected chi connectivity index (χ4v) is 1.70. The number of pyridine rings is 1. The summed E-state index contributed by atoms with van der Waals surface area (Å²) in [6, 6.07) is 12.5. The van der Waals surface area contributed by atoms with Gasteiger partial charge in [0, 0.05) is 10.6 Å². The van der Waals surface area contributed by atoms with Crippen LogP contribution in [0.2, 0.25) is 5.02 Å². The van der Waals surface area contributed by atoms with Crippen LogP contribution in [-0.2, 0) is 4.74 Å². The first-order valence-electron chi connectivity index (χ1n) is 5.02. The SMILES string of the molecule is COC(=O)c1cccc(-c2ccccc2Cl)n1. The predicted molar refractivity (Wildman–Crippen MR) is 66.0 cm³/mol. The quantitative estimate of drug-likeness (QED) is 0.765. The first-order chi connectivity index (χ1) is 8.22. The van der Waals surface area contributed by atoms with E-state index >= 15 is 0 Å². The van der Waals surface area contributed by atoms with E-state index in [2.05, 4.69) is 9.72 Å². The van der Waals surface area contributed by atoms with Gasteiger partial charge in [0.05, 0.1) is 12.8 Å². The summed E-state index contributed by atoms with van der Waals surface area (Å²) < 4.78 is 4.62. The van der Waals surface area contributed by atoms with Gasteiger partial charge in [-0.3, -0.25) is 0 Å². The summed E-state index contributed by atoms with van der Waals surface area (Å²) in [6.07, 6.45) is 0. The molecule has 0 atom stereocenters. The topological polar surface area (TPSA) is 39.2 Å². The van der Waals surface area contributed by atoms with Gasteiger partial charge < -0.3 is 4.74 Å². The van der Waals surface area contributed by atoms with E-state index in [0.717, 1.165) is 5.56 Å². The highest BCUT2D eigenvalue weighted by Crippen LogP contribution is 2.25. The third-order valence-electron chi connectivity index (χ3n) is 2.29. The van der Waals surface area contributed by atoms with E-state index in [9.17, 15) is 4.79 Å². The molecule has 0 aliphatic heterocycles. The Hall–Kier alpha value is -1.87. The molecule has 0 saturated heterocycles. The molecular formula is C13H10ClNO2. The molecule has 1 aromatic carbocycles. The number of nitrogens with zero attached hydrogens (tertiary/aromatic N) is 1. The van der Waals surface area contributed by atoms with Crippen molar-refractivity contribution in [2.75, 3.05) is 7.11 Å². The van der Waals surface area contributed by atoms with Gasteiger partial charge in [0.1, 0.15) is 5.69 Å². The molecule has 1 heterocycles. The van der Waals surface area contributed by atoms with Crippen molar-refractivity contribution in [3.8, 4) is 11.3 Å². The summed E-state index contributed by atoms with van der Waals surface area (Å²) >= 11 is 6.07. The highest BCUT2D eigenvalue weighted by molar-refractivity contribution is 6.33. The Balaban J connectivity index is 2.47. The smallest absolute Gasteiger partial charge is 0.356 e. The molecule has 1 aromatic heterocycles. The van der Waals surface area contributed by atoms with Gasteiger partial charge in [-0.05, 0) is 18.2 Å². The van der Waals surface area contributed by atoms with E-state index in [1.54, 1.807) is 24.3 Å². The molecule has 0 N–H and O–H groups in total. The van der Waals surface area contributed by atoms with Crippen molar-refractivity contribution >= 4 is 17.6 Å². The molecule has 86 valence electrons. The van der Waals surface area contributed by atoms with Crippen molar-refractivity contribution < 1.29 is 9.53 Å². The van der Waals surface area contributed by atoms with Crippen LogP contribution >= 0.6 is 11.6 Å². The number of methoxy groups -OCH3 is 1. The van der Waals surface area contributed by atoms with Crippen LogP contribution < -0.4 is 0 Å². The molecule has 0 amide bonds. The van der Waals surface area contributed by atoms with Crippen molar-refractivity contribution in [1.29, 1.82) is 0 Å². The molecular weight excluding hydrogens is 238 g/mol. The summed E-state index contributed by atoms with van der Waals surface area (Å²) in [5.41, 5.74) is 1.71. The van der Waals surface area contributed by atoms with E-state index in [0.29, 0.717) is 10.7 Å². The second-order valence-electron chi connectivity index (χ2n) is 3.38. The molecule has 2 aromatic rings. The number of rotatable bonds is 2. The highest BCUT2D eigenvalue weighted by atomic mass is 35.5. The summed E-state index contributed by atoms with van der Waals surface area (Å²) in [5, 5.41) is 0.599. The number of halogens is 1. The number of esters is 1. The van der Waals surface area contributed by atoms with E-state index in [1.807, 2.05) is 18.2 Å². The second kappa shape index (κ2) is 4.97. The van der Waals surface area contributed by atoms with Crippen molar-refractivity contribution in [3.05, 3.63) is 53.2 Å². The first kappa shape index (κ1) is 11.6. The predicted octanol–water partition coefficient (Wildman–Crippen LogP) is 3.19. The average Bonchev–Trinajstić information content (AvgIpc) is 2.38. The molecule has 17 heavy (non-hydrogen) atoms. The Morgan fingerprint density at radius 1 is 1.18 bits per heavy atom. The van der Waals surface area contributed by atoms with Gasteiger partial charge in [0.15, 0.2) is 0 Å². The fraction of sp³-hybridized carbons (Fsp3) is 0.0769. The van der Waals surface area contributed by atoms with Crippen LogP contribution in [0.15, 0.2) is 42.5 Å². The Bertz CT molecular complexity index is 555. The lowest BCUT2D eigenvalue weighted by molar-refractivity contribution is 0.0594. The van der Waals surface area contributed by atoms with Gasteiger partial charge in [0.25, 0.3) is 0 Å². The standard InChI is InChI=1S/C13H10ClNO2/c1-17-13(16)12-8-4-7-11(15-12)9-5-2-3-6-10(9)14/h2-8H,1H3. The summed E-state index contributed by atoms with van der Waals surface area (Å²) in [6.45, 7) is 0. The molecule has 4 heteroatoms. The third kappa shape index (κ3) is 2.45. The van der Waals surface area contributed by atoms with Gasteiger partial charge in [-0.1, -0.05) is 35.9 Å². The highest BCUT2D eigenvalue weighted by Gasteiger charge is 2.09. The first-order valence-corrected chi connectivity index (χ1v) is 5.40. The number of aromatic nitrogens is 1. The molecule has 2 rings (SSSR count). The number of hydrogen-bond acceptors (Lipinski definition) is 3. The monoisotopic (exact) mass is 247 g/mol. The minimum atomic E-state index is -0.459. The van der Waals surface area contributed by atoms with Gasteiger partial charge >= 0.3 is 5.97 Å². The Morgan fingerprint density at radius 3 is 2.65 bits per heavy atom. The van der Waals surface area contributed by atoms with Crippen LogP contribution in [0.4, 0.5) is 0 Å². The van der Waals surface area contributed by atoms with E-state index in [-0.39, 0.29) is 5.69 Å². The van der Waals surface area contributed by atoms with Gasteiger partial charge in [0.2, 0.25) is 0 Å². The molecule has 0 aliphatic rings. The summed E-state index contributed by atoms with van der Waals surface area (Å²) in [7, 11) is 1.33. The number of carbonyl (C=O) groups is 1. The zero-order valence-corrected chi connectivity index (χ0v) is 9.94. The molecule has 0 spiro atoms. The minimum absolute atomic E-state index is 0.268. The Morgan fingerprint density at radius 2 is 1.94 bits per heavy atom. The number of carbonyl (C=O) groups excluding carboxylic acids is 1. The maximum Gasteiger partial charge on any atom is 0.356 e. The lowest BCUT2D eigenvalue weighted by Crippen LogP contribution is -2.04. The maximum atomic E-state index is 11.4. The number of benzene rings is 1. The molecule has 0 unspecified atom stereocenters.